The number of fused-ring (bicyclic) bond motifs is 1. The van der Waals surface area contributed by atoms with Gasteiger partial charge in [0.25, 0.3) is 0 Å². The van der Waals surface area contributed by atoms with E-state index < -0.39 is 19.9 Å². The lowest BCUT2D eigenvalue weighted by Gasteiger charge is -2.30. The van der Waals surface area contributed by atoms with Crippen molar-refractivity contribution < 1.29 is 21.6 Å². The molecule has 2 aromatic rings. The van der Waals surface area contributed by atoms with Gasteiger partial charge in [-0.3, -0.25) is 4.79 Å². The summed E-state index contributed by atoms with van der Waals surface area (Å²) in [6.45, 7) is 0.510. The third-order valence-electron chi connectivity index (χ3n) is 6.08. The highest BCUT2D eigenvalue weighted by molar-refractivity contribution is 7.91. The van der Waals surface area contributed by atoms with Crippen molar-refractivity contribution in [1.82, 2.24) is 4.31 Å². The average Bonchev–Trinajstić information content (AvgIpc) is 3.21. The van der Waals surface area contributed by atoms with E-state index in [1.807, 2.05) is 6.07 Å². The summed E-state index contributed by atoms with van der Waals surface area (Å²) in [6, 6.07) is 11.7. The predicted octanol–water partition coefficient (Wildman–Crippen LogP) is 2.62. The molecule has 1 saturated heterocycles. The highest BCUT2D eigenvalue weighted by Crippen LogP contribution is 2.29. The zero-order chi connectivity index (χ0) is 22.2. The van der Waals surface area contributed by atoms with Crippen molar-refractivity contribution in [2.45, 2.75) is 41.9 Å². The van der Waals surface area contributed by atoms with Crippen LogP contribution in [-0.2, 0) is 37.5 Å². The quantitative estimate of drug-likeness (QED) is 0.736. The number of carbonyl (C=O) groups is 1. The molecule has 1 heterocycles. The lowest BCUT2D eigenvalue weighted by atomic mass is 9.97. The molecule has 0 aromatic heterocycles. The first kappa shape index (κ1) is 22.0. The van der Waals surface area contributed by atoms with Crippen LogP contribution in [0.2, 0.25) is 0 Å². The maximum Gasteiger partial charge on any atom is 0.243 e. The van der Waals surface area contributed by atoms with Gasteiger partial charge >= 0.3 is 0 Å². The first-order chi connectivity index (χ1) is 14.7. The highest BCUT2D eigenvalue weighted by atomic mass is 32.2. The number of sulfone groups is 1. The normalized spacial score (nSPS) is 18.0. The van der Waals surface area contributed by atoms with E-state index in [1.165, 1.54) is 15.9 Å². The summed E-state index contributed by atoms with van der Waals surface area (Å²) in [5.41, 5.74) is 2.59. The highest BCUT2D eigenvalue weighted by Gasteiger charge is 2.33. The maximum absolute atomic E-state index is 13.1. The summed E-state index contributed by atoms with van der Waals surface area (Å²) < 4.78 is 51.5. The van der Waals surface area contributed by atoms with Gasteiger partial charge in [-0.15, -0.1) is 0 Å². The maximum atomic E-state index is 13.1. The van der Waals surface area contributed by atoms with Gasteiger partial charge < -0.3 is 5.32 Å². The van der Waals surface area contributed by atoms with Gasteiger partial charge in [-0.1, -0.05) is 18.2 Å². The number of hydrogen-bond donors (Lipinski definition) is 1. The number of nitrogens with zero attached hydrogens (tertiary/aromatic N) is 1. The van der Waals surface area contributed by atoms with Gasteiger partial charge in [-0.05, 0) is 67.5 Å². The van der Waals surface area contributed by atoms with E-state index in [1.54, 1.807) is 30.3 Å². The Morgan fingerprint density at radius 3 is 2.35 bits per heavy atom. The van der Waals surface area contributed by atoms with Gasteiger partial charge in [0.05, 0.1) is 15.5 Å². The van der Waals surface area contributed by atoms with Crippen LogP contribution in [0.5, 0.6) is 0 Å². The number of benzene rings is 2. The van der Waals surface area contributed by atoms with Crippen molar-refractivity contribution in [3.8, 4) is 0 Å². The third-order valence-corrected chi connectivity index (χ3v) is 9.13. The Kier molecular flexibility index (Phi) is 5.93. The smallest absolute Gasteiger partial charge is 0.243 e. The molecule has 166 valence electrons. The number of rotatable bonds is 5. The van der Waals surface area contributed by atoms with Gasteiger partial charge in [0.1, 0.15) is 0 Å². The first-order valence-electron chi connectivity index (χ1n) is 10.4. The second kappa shape index (κ2) is 8.37. The summed E-state index contributed by atoms with van der Waals surface area (Å²) >= 11 is 0. The molecule has 2 aliphatic rings. The van der Waals surface area contributed by atoms with Gasteiger partial charge in [-0.25, -0.2) is 16.8 Å². The Hall–Kier alpha value is -2.23. The van der Waals surface area contributed by atoms with E-state index in [2.05, 4.69) is 5.32 Å². The second-order valence-electron chi connectivity index (χ2n) is 8.22. The number of hydrogen-bond acceptors (Lipinski definition) is 5. The Balaban J connectivity index is 1.42. The van der Waals surface area contributed by atoms with E-state index >= 15 is 0 Å². The SMILES string of the molecule is CS(=O)(=O)c1ccccc1NC(=O)C1CCN(S(=O)(=O)c2ccc3c(c2)CCC3)CC1. The zero-order valence-corrected chi connectivity index (χ0v) is 19.0. The minimum Gasteiger partial charge on any atom is -0.325 e. The monoisotopic (exact) mass is 462 g/mol. The van der Waals surface area contributed by atoms with Gasteiger partial charge in [0, 0.05) is 25.3 Å². The molecule has 1 aliphatic heterocycles. The van der Waals surface area contributed by atoms with Crippen LogP contribution >= 0.6 is 0 Å². The molecule has 0 bridgehead atoms. The fourth-order valence-electron chi connectivity index (χ4n) is 4.34. The minimum atomic E-state index is -3.60. The molecule has 9 heteroatoms. The number of para-hydroxylation sites is 1. The van der Waals surface area contributed by atoms with Crippen molar-refractivity contribution in [3.63, 3.8) is 0 Å². The van der Waals surface area contributed by atoms with E-state index in [9.17, 15) is 21.6 Å². The van der Waals surface area contributed by atoms with Crippen LogP contribution in [0.25, 0.3) is 0 Å². The molecule has 1 fully saturated rings. The number of piperidine rings is 1. The largest absolute Gasteiger partial charge is 0.325 e. The number of anilines is 1. The van der Waals surface area contributed by atoms with Gasteiger partial charge in [0.15, 0.2) is 9.84 Å². The third kappa shape index (κ3) is 4.53. The fourth-order valence-corrected chi connectivity index (χ4v) is 6.71. The lowest BCUT2D eigenvalue weighted by Crippen LogP contribution is -2.41. The number of nitrogens with one attached hydrogen (secondary N) is 1. The lowest BCUT2D eigenvalue weighted by molar-refractivity contribution is -0.120. The molecular formula is C22H26N2O5S2. The van der Waals surface area contributed by atoms with Crippen LogP contribution in [0.4, 0.5) is 5.69 Å². The van der Waals surface area contributed by atoms with Crippen molar-refractivity contribution in [3.05, 3.63) is 53.6 Å². The molecule has 2 aromatic carbocycles. The van der Waals surface area contributed by atoms with E-state index in [0.29, 0.717) is 17.7 Å². The Morgan fingerprint density at radius 1 is 0.968 bits per heavy atom. The summed E-state index contributed by atoms with van der Waals surface area (Å²) in [5, 5.41) is 2.71. The average molecular weight is 463 g/mol. The van der Waals surface area contributed by atoms with E-state index in [4.69, 9.17) is 0 Å². The standard InChI is InChI=1S/C22H26N2O5S2/c1-30(26,27)21-8-3-2-7-20(21)23-22(25)17-11-13-24(14-12-17)31(28,29)19-10-9-16-5-4-6-18(16)15-19/h2-3,7-10,15,17H,4-6,11-14H2,1H3,(H,23,25). The molecule has 1 aliphatic carbocycles. The number of carbonyl (C=O) groups excluding carboxylic acids is 1. The summed E-state index contributed by atoms with van der Waals surface area (Å²) in [4.78, 5) is 13.1. The molecule has 1 amide bonds. The number of amides is 1. The Labute approximate surface area is 183 Å². The Morgan fingerprint density at radius 2 is 1.65 bits per heavy atom. The van der Waals surface area contributed by atoms with Crippen LogP contribution in [0.1, 0.15) is 30.4 Å². The summed E-state index contributed by atoms with van der Waals surface area (Å²) in [7, 11) is -7.07. The van der Waals surface area contributed by atoms with Crippen LogP contribution in [0.3, 0.4) is 0 Å². The topological polar surface area (TPSA) is 101 Å². The molecular weight excluding hydrogens is 436 g/mol. The van der Waals surface area contributed by atoms with Crippen molar-refractivity contribution >= 4 is 31.5 Å². The van der Waals surface area contributed by atoms with Gasteiger partial charge in [-0.2, -0.15) is 4.31 Å². The zero-order valence-electron chi connectivity index (χ0n) is 17.4. The summed E-state index contributed by atoms with van der Waals surface area (Å²) in [6.07, 6.45) is 4.84. The van der Waals surface area contributed by atoms with Crippen LogP contribution in [0, 0.1) is 5.92 Å². The number of aryl methyl sites for hydroxylation is 2. The fraction of sp³-hybridized carbons (Fsp3) is 0.409. The molecule has 7 nitrogen and oxygen atoms in total. The molecule has 4 rings (SSSR count). The van der Waals surface area contributed by atoms with Crippen molar-refractivity contribution in [1.29, 1.82) is 0 Å². The molecule has 1 N–H and O–H groups in total. The molecule has 0 unspecified atom stereocenters. The summed E-state index contributed by atoms with van der Waals surface area (Å²) in [5.74, 6) is -0.662. The van der Waals surface area contributed by atoms with Crippen LogP contribution in [-0.4, -0.2) is 46.4 Å². The first-order valence-corrected chi connectivity index (χ1v) is 13.7. The van der Waals surface area contributed by atoms with Crippen LogP contribution < -0.4 is 5.32 Å². The molecule has 0 spiro atoms. The number of sulfonamides is 1. The molecule has 0 saturated carbocycles. The molecule has 0 radical (unpaired) electrons. The van der Waals surface area contributed by atoms with Crippen LogP contribution in [0.15, 0.2) is 52.3 Å². The van der Waals surface area contributed by atoms with E-state index in [-0.39, 0.29) is 35.5 Å². The molecule has 0 atom stereocenters. The minimum absolute atomic E-state index is 0.0694. The Bertz CT molecular complexity index is 1210. The predicted molar refractivity (Wildman–Crippen MR) is 118 cm³/mol. The van der Waals surface area contributed by atoms with Crippen molar-refractivity contribution in [2.75, 3.05) is 24.7 Å². The molecule has 31 heavy (non-hydrogen) atoms. The second-order valence-corrected chi connectivity index (χ2v) is 12.1. The van der Waals surface area contributed by atoms with Gasteiger partial charge in [0.2, 0.25) is 15.9 Å². The van der Waals surface area contributed by atoms with E-state index in [0.717, 1.165) is 31.1 Å². The van der Waals surface area contributed by atoms with Crippen molar-refractivity contribution in [2.24, 2.45) is 5.92 Å².